The second-order valence-electron chi connectivity index (χ2n) is 4.46. The number of nitrogens with two attached hydrogens (primary N) is 2. The molecule has 18 heavy (non-hydrogen) atoms. The summed E-state index contributed by atoms with van der Waals surface area (Å²) < 4.78 is 0. The highest BCUT2D eigenvalue weighted by Crippen LogP contribution is 2.30. The molecule has 0 fully saturated rings. The van der Waals surface area contributed by atoms with Gasteiger partial charge < -0.3 is 11.5 Å². The van der Waals surface area contributed by atoms with Gasteiger partial charge in [0.2, 0.25) is 0 Å². The highest BCUT2D eigenvalue weighted by Gasteiger charge is 2.27. The third kappa shape index (κ3) is 5.18. The lowest BCUT2D eigenvalue weighted by Gasteiger charge is -2.28. The lowest BCUT2D eigenvalue weighted by Crippen LogP contribution is -2.30. The van der Waals surface area contributed by atoms with Crippen LogP contribution in [0.5, 0.6) is 0 Å². The molecule has 0 atom stereocenters. The van der Waals surface area contributed by atoms with Gasteiger partial charge in [0.1, 0.15) is 0 Å². The number of thioether (sulfide) groups is 2. The quantitative estimate of drug-likeness (QED) is 0.676. The molecule has 1 heterocycles. The van der Waals surface area contributed by atoms with E-state index in [9.17, 15) is 0 Å². The molecule has 0 amide bonds. The number of aromatic nitrogens is 1. The van der Waals surface area contributed by atoms with Crippen LogP contribution in [0.4, 0.5) is 0 Å². The lowest BCUT2D eigenvalue weighted by molar-refractivity contribution is 0.591. The Morgan fingerprint density at radius 3 is 2.17 bits per heavy atom. The van der Waals surface area contributed by atoms with Gasteiger partial charge in [-0.25, -0.2) is 0 Å². The Hall–Kier alpha value is -0.230. The Labute approximate surface area is 118 Å². The Kier molecular flexibility index (Phi) is 7.74. The van der Waals surface area contributed by atoms with Crippen LogP contribution in [-0.4, -0.2) is 41.1 Å². The van der Waals surface area contributed by atoms with Gasteiger partial charge in [0, 0.05) is 53.4 Å². The summed E-state index contributed by atoms with van der Waals surface area (Å²) in [7, 11) is 0. The second-order valence-corrected chi connectivity index (χ2v) is 6.67. The molecule has 1 rings (SSSR count). The molecule has 0 saturated heterocycles. The van der Waals surface area contributed by atoms with Crippen LogP contribution in [0, 0.1) is 0 Å². The lowest BCUT2D eigenvalue weighted by atomic mass is 9.91. The molecule has 4 N–H and O–H groups in total. The normalized spacial score (nSPS) is 11.7. The maximum absolute atomic E-state index is 5.56. The standard InChI is InChI=1S/C13H23N3S2/c1-13(10-17-8-5-14,11-18-9-6-15)12-4-2-3-7-16-12/h2-4,7H,5-6,8-11,14-15H2,1H3. The summed E-state index contributed by atoms with van der Waals surface area (Å²) in [6.07, 6.45) is 1.87. The summed E-state index contributed by atoms with van der Waals surface area (Å²) in [4.78, 5) is 4.52. The van der Waals surface area contributed by atoms with Gasteiger partial charge in [0.15, 0.2) is 0 Å². The summed E-state index contributed by atoms with van der Waals surface area (Å²) >= 11 is 3.81. The van der Waals surface area contributed by atoms with Gasteiger partial charge in [-0.2, -0.15) is 23.5 Å². The molecule has 3 nitrogen and oxygen atoms in total. The molecule has 0 aliphatic heterocycles. The van der Waals surface area contributed by atoms with Crippen LogP contribution in [0.1, 0.15) is 12.6 Å². The number of pyridine rings is 1. The first-order valence-electron chi connectivity index (χ1n) is 6.20. The van der Waals surface area contributed by atoms with Gasteiger partial charge in [0.25, 0.3) is 0 Å². The van der Waals surface area contributed by atoms with Crippen LogP contribution in [0.3, 0.4) is 0 Å². The van der Waals surface area contributed by atoms with Crippen molar-refractivity contribution in [3.63, 3.8) is 0 Å². The van der Waals surface area contributed by atoms with Crippen molar-refractivity contribution < 1.29 is 0 Å². The van der Waals surface area contributed by atoms with Gasteiger partial charge in [0.05, 0.1) is 0 Å². The molecule has 1 aromatic rings. The number of hydrogen-bond donors (Lipinski definition) is 2. The molecule has 1 aromatic heterocycles. The first-order chi connectivity index (χ1) is 8.73. The predicted octanol–water partition coefficient (Wildman–Crippen LogP) is 1.72. The number of rotatable bonds is 9. The molecule has 0 unspecified atom stereocenters. The topological polar surface area (TPSA) is 64.9 Å². The largest absolute Gasteiger partial charge is 0.330 e. The second kappa shape index (κ2) is 8.80. The van der Waals surface area contributed by atoms with Gasteiger partial charge in [-0.05, 0) is 12.1 Å². The monoisotopic (exact) mass is 285 g/mol. The molecule has 0 radical (unpaired) electrons. The van der Waals surface area contributed by atoms with E-state index in [-0.39, 0.29) is 5.41 Å². The Morgan fingerprint density at radius 2 is 1.72 bits per heavy atom. The van der Waals surface area contributed by atoms with Crippen molar-refractivity contribution in [3.8, 4) is 0 Å². The fourth-order valence-electron chi connectivity index (χ4n) is 1.67. The number of nitrogens with zero attached hydrogens (tertiary/aromatic N) is 1. The number of hydrogen-bond acceptors (Lipinski definition) is 5. The first-order valence-corrected chi connectivity index (χ1v) is 8.51. The van der Waals surface area contributed by atoms with Gasteiger partial charge in [-0.15, -0.1) is 0 Å². The van der Waals surface area contributed by atoms with E-state index in [1.807, 2.05) is 35.8 Å². The minimum atomic E-state index is 0.0981. The van der Waals surface area contributed by atoms with Crippen LogP contribution in [0.2, 0.25) is 0 Å². The highest BCUT2D eigenvalue weighted by atomic mass is 32.2. The van der Waals surface area contributed by atoms with Crippen molar-refractivity contribution in [2.45, 2.75) is 12.3 Å². The van der Waals surface area contributed by atoms with Crippen LogP contribution in [-0.2, 0) is 5.41 Å². The van der Waals surface area contributed by atoms with E-state index in [0.717, 1.165) is 36.1 Å². The van der Waals surface area contributed by atoms with Gasteiger partial charge in [-0.3, -0.25) is 4.98 Å². The van der Waals surface area contributed by atoms with Crippen molar-refractivity contribution in [2.75, 3.05) is 36.1 Å². The van der Waals surface area contributed by atoms with E-state index < -0.39 is 0 Å². The van der Waals surface area contributed by atoms with Crippen molar-refractivity contribution in [1.29, 1.82) is 0 Å². The van der Waals surface area contributed by atoms with E-state index in [2.05, 4.69) is 24.0 Å². The van der Waals surface area contributed by atoms with E-state index >= 15 is 0 Å². The van der Waals surface area contributed by atoms with E-state index in [1.165, 1.54) is 5.69 Å². The average Bonchev–Trinajstić information content (AvgIpc) is 2.40. The van der Waals surface area contributed by atoms with Gasteiger partial charge in [-0.1, -0.05) is 13.0 Å². The molecule has 0 bridgehead atoms. The molecule has 0 aliphatic rings. The third-order valence-electron chi connectivity index (χ3n) is 2.65. The summed E-state index contributed by atoms with van der Waals surface area (Å²) in [5, 5.41) is 0. The van der Waals surface area contributed by atoms with Gasteiger partial charge >= 0.3 is 0 Å². The SMILES string of the molecule is CC(CSCCN)(CSCCN)c1ccccn1. The summed E-state index contributed by atoms with van der Waals surface area (Å²) in [6.45, 7) is 3.75. The summed E-state index contributed by atoms with van der Waals surface area (Å²) in [5.74, 6) is 4.12. The Bertz CT molecular complexity index is 309. The molecule has 0 aliphatic carbocycles. The highest BCUT2D eigenvalue weighted by molar-refractivity contribution is 8.00. The van der Waals surface area contributed by atoms with Crippen molar-refractivity contribution in [1.82, 2.24) is 4.98 Å². The van der Waals surface area contributed by atoms with Crippen molar-refractivity contribution >= 4 is 23.5 Å². The zero-order chi connectivity index (χ0) is 13.3. The van der Waals surface area contributed by atoms with E-state index in [0.29, 0.717) is 0 Å². The van der Waals surface area contributed by atoms with Crippen LogP contribution in [0.15, 0.2) is 24.4 Å². The fourth-order valence-corrected chi connectivity index (χ4v) is 3.82. The van der Waals surface area contributed by atoms with E-state index in [4.69, 9.17) is 11.5 Å². The minimum Gasteiger partial charge on any atom is -0.330 e. The first kappa shape index (κ1) is 15.8. The Morgan fingerprint density at radius 1 is 1.11 bits per heavy atom. The third-order valence-corrected chi connectivity index (χ3v) is 5.38. The maximum Gasteiger partial charge on any atom is 0.0479 e. The predicted molar refractivity (Wildman–Crippen MR) is 84.3 cm³/mol. The van der Waals surface area contributed by atoms with Crippen LogP contribution >= 0.6 is 23.5 Å². The summed E-state index contributed by atoms with van der Waals surface area (Å²) in [6, 6.07) is 6.14. The zero-order valence-corrected chi connectivity index (χ0v) is 12.6. The molecule has 5 heteroatoms. The van der Waals surface area contributed by atoms with Crippen LogP contribution in [0.25, 0.3) is 0 Å². The van der Waals surface area contributed by atoms with Crippen LogP contribution < -0.4 is 11.5 Å². The summed E-state index contributed by atoms with van der Waals surface area (Å²) in [5.41, 5.74) is 12.4. The van der Waals surface area contributed by atoms with Crippen molar-refractivity contribution in [2.24, 2.45) is 11.5 Å². The molecule has 0 saturated carbocycles. The fraction of sp³-hybridized carbons (Fsp3) is 0.615. The minimum absolute atomic E-state index is 0.0981. The van der Waals surface area contributed by atoms with E-state index in [1.54, 1.807) is 0 Å². The zero-order valence-electron chi connectivity index (χ0n) is 11.0. The average molecular weight is 285 g/mol. The molecule has 102 valence electrons. The molecule has 0 aromatic carbocycles. The molecular weight excluding hydrogens is 262 g/mol. The molecule has 0 spiro atoms. The maximum atomic E-state index is 5.56. The van der Waals surface area contributed by atoms with Crippen molar-refractivity contribution in [3.05, 3.63) is 30.1 Å². The Balaban J connectivity index is 2.67. The smallest absolute Gasteiger partial charge is 0.0479 e. The molecular formula is C13H23N3S2.